The molecule has 2 rings (SSSR count). The normalized spacial score (nSPS) is 20.4. The van der Waals surface area contributed by atoms with Gasteiger partial charge in [0.15, 0.2) is 0 Å². The Bertz CT molecular complexity index is 615. The summed E-state index contributed by atoms with van der Waals surface area (Å²) in [6, 6.07) is 8.61. The number of rotatable bonds is 7. The summed E-state index contributed by atoms with van der Waals surface area (Å²) in [6.45, 7) is 6.27. The maximum atomic E-state index is 12.8. The predicted octanol–water partition coefficient (Wildman–Crippen LogP) is 2.01. The van der Waals surface area contributed by atoms with Gasteiger partial charge in [0.1, 0.15) is 12.1 Å². The van der Waals surface area contributed by atoms with E-state index in [4.69, 9.17) is 0 Å². The van der Waals surface area contributed by atoms with E-state index in [0.717, 1.165) is 16.9 Å². The van der Waals surface area contributed by atoms with Gasteiger partial charge in [0.2, 0.25) is 5.91 Å². The molecule has 1 aromatic carbocycles. The third-order valence-corrected chi connectivity index (χ3v) is 4.32. The van der Waals surface area contributed by atoms with Crippen LogP contribution in [0.1, 0.15) is 39.2 Å². The quantitative estimate of drug-likeness (QED) is 0.750. The van der Waals surface area contributed by atoms with Gasteiger partial charge in [-0.2, -0.15) is 0 Å². The van der Waals surface area contributed by atoms with E-state index in [1.807, 2.05) is 37.3 Å². The molecule has 0 aliphatic carbocycles. The fourth-order valence-corrected chi connectivity index (χ4v) is 2.83. The lowest BCUT2D eigenvalue weighted by Gasteiger charge is -2.25. The average Bonchev–Trinajstić information content (AvgIpc) is 2.80. The molecule has 4 amide bonds. The fourth-order valence-electron chi connectivity index (χ4n) is 2.83. The summed E-state index contributed by atoms with van der Waals surface area (Å²) in [7, 11) is 0. The van der Waals surface area contributed by atoms with Crippen molar-refractivity contribution in [2.45, 2.75) is 39.2 Å². The maximum Gasteiger partial charge on any atom is 0.325 e. The minimum Gasteiger partial charge on any atom is -0.355 e. The summed E-state index contributed by atoms with van der Waals surface area (Å²) in [5.74, 6) is -0.216. The Kier molecular flexibility index (Phi) is 5.59. The Morgan fingerprint density at radius 2 is 1.92 bits per heavy atom. The first-order chi connectivity index (χ1) is 11.4. The second kappa shape index (κ2) is 7.47. The van der Waals surface area contributed by atoms with Gasteiger partial charge in [-0.1, -0.05) is 51.1 Å². The van der Waals surface area contributed by atoms with Gasteiger partial charge >= 0.3 is 6.03 Å². The Hall–Kier alpha value is -2.37. The molecule has 24 heavy (non-hydrogen) atoms. The number of nitrogens with one attached hydrogen (secondary N) is 2. The molecule has 0 radical (unpaired) electrons. The number of hydrogen-bond acceptors (Lipinski definition) is 3. The summed E-state index contributed by atoms with van der Waals surface area (Å²) in [6.07, 6.45) is 1.28. The van der Waals surface area contributed by atoms with Crippen LogP contribution in [-0.2, 0) is 15.1 Å². The van der Waals surface area contributed by atoms with E-state index in [1.165, 1.54) is 0 Å². The zero-order valence-corrected chi connectivity index (χ0v) is 14.5. The molecule has 1 aromatic rings. The van der Waals surface area contributed by atoms with Crippen molar-refractivity contribution >= 4 is 17.8 Å². The second-order valence-electron chi connectivity index (χ2n) is 6.48. The molecule has 1 aliphatic heterocycles. The molecule has 1 saturated heterocycles. The van der Waals surface area contributed by atoms with Gasteiger partial charge in [0.05, 0.1) is 0 Å². The van der Waals surface area contributed by atoms with Crippen LogP contribution < -0.4 is 10.6 Å². The van der Waals surface area contributed by atoms with Crippen LogP contribution in [0.5, 0.6) is 0 Å². The van der Waals surface area contributed by atoms with Crippen LogP contribution in [0.4, 0.5) is 4.79 Å². The van der Waals surface area contributed by atoms with Crippen LogP contribution in [0.15, 0.2) is 30.3 Å². The molecule has 1 fully saturated rings. The molecular weight excluding hydrogens is 306 g/mol. The number of amides is 4. The van der Waals surface area contributed by atoms with Crippen molar-refractivity contribution in [1.82, 2.24) is 15.5 Å². The van der Waals surface area contributed by atoms with Crippen molar-refractivity contribution in [3.05, 3.63) is 35.9 Å². The van der Waals surface area contributed by atoms with Crippen molar-refractivity contribution < 1.29 is 14.4 Å². The van der Waals surface area contributed by atoms with Crippen molar-refractivity contribution in [2.24, 2.45) is 5.92 Å². The van der Waals surface area contributed by atoms with Gasteiger partial charge < -0.3 is 10.6 Å². The highest BCUT2D eigenvalue weighted by Gasteiger charge is 2.51. The molecule has 0 aromatic heterocycles. The summed E-state index contributed by atoms with van der Waals surface area (Å²) in [4.78, 5) is 38.1. The van der Waals surface area contributed by atoms with Gasteiger partial charge in [-0.25, -0.2) is 4.79 Å². The van der Waals surface area contributed by atoms with E-state index >= 15 is 0 Å². The van der Waals surface area contributed by atoms with Crippen LogP contribution >= 0.6 is 0 Å². The monoisotopic (exact) mass is 331 g/mol. The Balaban J connectivity index is 2.09. The molecule has 1 atom stereocenters. The van der Waals surface area contributed by atoms with E-state index < -0.39 is 11.6 Å². The highest BCUT2D eigenvalue weighted by Crippen LogP contribution is 2.32. The lowest BCUT2D eigenvalue weighted by atomic mass is 9.87. The Labute approximate surface area is 142 Å². The first-order valence-electron chi connectivity index (χ1n) is 8.37. The van der Waals surface area contributed by atoms with Crippen molar-refractivity contribution in [1.29, 1.82) is 0 Å². The first kappa shape index (κ1) is 18.0. The highest BCUT2D eigenvalue weighted by atomic mass is 16.2. The molecule has 0 unspecified atom stereocenters. The van der Waals surface area contributed by atoms with Gasteiger partial charge in [0.25, 0.3) is 5.91 Å². The summed E-state index contributed by atoms with van der Waals surface area (Å²) in [5, 5.41) is 5.52. The van der Waals surface area contributed by atoms with Crippen molar-refractivity contribution in [3.63, 3.8) is 0 Å². The summed E-state index contributed by atoms with van der Waals surface area (Å²) in [5.41, 5.74) is -0.357. The zero-order chi connectivity index (χ0) is 17.7. The van der Waals surface area contributed by atoms with E-state index in [9.17, 15) is 14.4 Å². The van der Waals surface area contributed by atoms with Gasteiger partial charge in [-0.05, 0) is 24.3 Å². The molecular formula is C18H25N3O3. The van der Waals surface area contributed by atoms with E-state index in [0.29, 0.717) is 18.9 Å². The third kappa shape index (κ3) is 3.58. The Morgan fingerprint density at radius 3 is 2.50 bits per heavy atom. The molecule has 6 nitrogen and oxygen atoms in total. The SMILES string of the molecule is CC[C@]1(c2ccccc2)NC(=O)N(CC(=O)NCCC(C)C)C1=O. The Morgan fingerprint density at radius 1 is 1.25 bits per heavy atom. The minimum atomic E-state index is -1.09. The van der Waals surface area contributed by atoms with Crippen LogP contribution in [0.25, 0.3) is 0 Å². The largest absolute Gasteiger partial charge is 0.355 e. The number of carbonyl (C=O) groups excluding carboxylic acids is 3. The van der Waals surface area contributed by atoms with Crippen LogP contribution in [0.2, 0.25) is 0 Å². The number of carbonyl (C=O) groups is 3. The molecule has 0 bridgehead atoms. The van der Waals surface area contributed by atoms with Crippen LogP contribution in [0, 0.1) is 5.92 Å². The summed E-state index contributed by atoms with van der Waals surface area (Å²) < 4.78 is 0. The number of hydrogen-bond donors (Lipinski definition) is 2. The van der Waals surface area contributed by atoms with Crippen molar-refractivity contribution in [3.8, 4) is 0 Å². The second-order valence-corrected chi connectivity index (χ2v) is 6.48. The molecule has 6 heteroatoms. The minimum absolute atomic E-state index is 0.253. The smallest absolute Gasteiger partial charge is 0.325 e. The van der Waals surface area contributed by atoms with Crippen LogP contribution in [0.3, 0.4) is 0 Å². The predicted molar refractivity (Wildman–Crippen MR) is 91.1 cm³/mol. The van der Waals surface area contributed by atoms with Gasteiger partial charge in [-0.3, -0.25) is 14.5 Å². The standard InChI is InChI=1S/C18H25N3O3/c1-4-18(14-8-6-5-7-9-14)16(23)21(17(24)20-18)12-15(22)19-11-10-13(2)3/h5-9,13H,4,10-12H2,1-3H3,(H,19,22)(H,20,24)/t18-/m1/s1. The van der Waals surface area contributed by atoms with Gasteiger partial charge in [-0.15, -0.1) is 0 Å². The fraction of sp³-hybridized carbons (Fsp3) is 0.500. The lowest BCUT2D eigenvalue weighted by molar-refractivity contribution is -0.135. The lowest BCUT2D eigenvalue weighted by Crippen LogP contribution is -2.45. The van der Waals surface area contributed by atoms with E-state index in [-0.39, 0.29) is 18.4 Å². The number of imide groups is 1. The third-order valence-electron chi connectivity index (χ3n) is 4.32. The number of nitrogens with zero attached hydrogens (tertiary/aromatic N) is 1. The number of benzene rings is 1. The highest BCUT2D eigenvalue weighted by molar-refractivity contribution is 6.09. The zero-order valence-electron chi connectivity index (χ0n) is 14.5. The van der Waals surface area contributed by atoms with Crippen LogP contribution in [-0.4, -0.2) is 35.8 Å². The van der Waals surface area contributed by atoms with Crippen molar-refractivity contribution in [2.75, 3.05) is 13.1 Å². The summed E-state index contributed by atoms with van der Waals surface area (Å²) >= 11 is 0. The molecule has 0 spiro atoms. The maximum absolute atomic E-state index is 12.8. The number of urea groups is 1. The topological polar surface area (TPSA) is 78.5 Å². The molecule has 2 N–H and O–H groups in total. The molecule has 1 aliphatic rings. The van der Waals surface area contributed by atoms with E-state index in [2.05, 4.69) is 24.5 Å². The molecule has 0 saturated carbocycles. The van der Waals surface area contributed by atoms with E-state index in [1.54, 1.807) is 0 Å². The molecule has 130 valence electrons. The first-order valence-corrected chi connectivity index (χ1v) is 8.37. The average molecular weight is 331 g/mol. The molecule has 1 heterocycles. The van der Waals surface area contributed by atoms with Gasteiger partial charge in [0, 0.05) is 6.54 Å².